The van der Waals surface area contributed by atoms with Gasteiger partial charge in [-0.15, -0.1) is 0 Å². The lowest BCUT2D eigenvalue weighted by Gasteiger charge is -2.32. The molecule has 120 valence electrons. The second kappa shape index (κ2) is 7.33. The van der Waals surface area contributed by atoms with Gasteiger partial charge in [0.25, 0.3) is 0 Å². The number of piperidine rings is 1. The number of hydrogen-bond donors (Lipinski definition) is 1. The quantitative estimate of drug-likeness (QED) is 0.919. The van der Waals surface area contributed by atoms with Gasteiger partial charge in [0, 0.05) is 24.5 Å². The molecule has 2 heterocycles. The number of hydrogen-bond acceptors (Lipinski definition) is 4. The van der Waals surface area contributed by atoms with Gasteiger partial charge < -0.3 is 5.11 Å². The highest BCUT2D eigenvalue weighted by molar-refractivity contribution is 5.89. The number of carboxylic acid groups (broad SMARTS) is 1. The zero-order valence-corrected chi connectivity index (χ0v) is 13.1. The zero-order chi connectivity index (χ0) is 16.1. The maximum atomic E-state index is 11.3. The van der Waals surface area contributed by atoms with E-state index in [-0.39, 0.29) is 0 Å². The van der Waals surface area contributed by atoms with Crippen molar-refractivity contribution in [2.45, 2.75) is 25.8 Å². The van der Waals surface area contributed by atoms with Gasteiger partial charge in [-0.3, -0.25) is 4.90 Å². The van der Waals surface area contributed by atoms with E-state index in [1.165, 1.54) is 0 Å². The van der Waals surface area contributed by atoms with Gasteiger partial charge in [-0.1, -0.05) is 18.2 Å². The summed E-state index contributed by atoms with van der Waals surface area (Å²) in [6, 6.07) is 7.35. The van der Waals surface area contributed by atoms with Gasteiger partial charge in [0.1, 0.15) is 6.33 Å². The minimum atomic E-state index is -0.831. The van der Waals surface area contributed by atoms with Gasteiger partial charge in [0.15, 0.2) is 0 Å². The standard InChI is InChI=1S/C18H21N3O2/c22-18(23)17-4-2-1-3-16(17)9-14-5-7-21(8-6-14)12-15-10-19-13-20-11-15/h1-4,10-11,13-14H,5-9,12H2,(H,22,23). The Labute approximate surface area is 136 Å². The summed E-state index contributed by atoms with van der Waals surface area (Å²) in [5, 5.41) is 9.28. The Bertz CT molecular complexity index is 652. The van der Waals surface area contributed by atoms with Crippen molar-refractivity contribution < 1.29 is 9.90 Å². The molecule has 0 amide bonds. The molecule has 0 saturated carbocycles. The minimum Gasteiger partial charge on any atom is -0.478 e. The maximum absolute atomic E-state index is 11.3. The summed E-state index contributed by atoms with van der Waals surface area (Å²) in [5.74, 6) is -0.277. The van der Waals surface area contributed by atoms with Gasteiger partial charge in [0.2, 0.25) is 0 Å². The lowest BCUT2D eigenvalue weighted by atomic mass is 9.88. The van der Waals surface area contributed by atoms with Crippen LogP contribution >= 0.6 is 0 Å². The molecule has 1 aromatic carbocycles. The first-order valence-electron chi connectivity index (χ1n) is 8.00. The SMILES string of the molecule is O=C(O)c1ccccc1CC1CCN(Cc2cncnc2)CC1. The lowest BCUT2D eigenvalue weighted by molar-refractivity contribution is 0.0695. The molecule has 0 aliphatic carbocycles. The normalized spacial score (nSPS) is 16.3. The molecule has 0 bridgehead atoms. The Morgan fingerprint density at radius 1 is 1.17 bits per heavy atom. The molecule has 5 nitrogen and oxygen atoms in total. The summed E-state index contributed by atoms with van der Waals surface area (Å²) in [7, 11) is 0. The molecule has 5 heteroatoms. The molecule has 0 spiro atoms. The molecule has 2 aromatic rings. The van der Waals surface area contributed by atoms with Crippen LogP contribution in [0.1, 0.15) is 34.3 Å². The lowest BCUT2D eigenvalue weighted by Crippen LogP contribution is -2.34. The summed E-state index contributed by atoms with van der Waals surface area (Å²) < 4.78 is 0. The van der Waals surface area contributed by atoms with Crippen LogP contribution in [0, 0.1) is 5.92 Å². The van der Waals surface area contributed by atoms with E-state index in [2.05, 4.69) is 14.9 Å². The van der Waals surface area contributed by atoms with E-state index in [4.69, 9.17) is 0 Å². The van der Waals surface area contributed by atoms with Crippen molar-refractivity contribution in [1.29, 1.82) is 0 Å². The van der Waals surface area contributed by atoms with E-state index in [0.29, 0.717) is 11.5 Å². The average Bonchev–Trinajstić information content (AvgIpc) is 2.58. The number of carboxylic acids is 1. The number of likely N-dealkylation sites (tertiary alicyclic amines) is 1. The van der Waals surface area contributed by atoms with Crippen LogP contribution in [0.5, 0.6) is 0 Å². The second-order valence-electron chi connectivity index (χ2n) is 6.13. The topological polar surface area (TPSA) is 66.3 Å². The Morgan fingerprint density at radius 3 is 2.57 bits per heavy atom. The molecule has 1 aliphatic heterocycles. The molecule has 0 atom stereocenters. The Hall–Kier alpha value is -2.27. The van der Waals surface area contributed by atoms with Gasteiger partial charge in [0.05, 0.1) is 5.56 Å². The van der Waals surface area contributed by atoms with Crippen LogP contribution in [0.4, 0.5) is 0 Å². The average molecular weight is 311 g/mol. The number of rotatable bonds is 5. The molecule has 1 fully saturated rings. The van der Waals surface area contributed by atoms with Gasteiger partial charge in [-0.05, 0) is 49.9 Å². The summed E-state index contributed by atoms with van der Waals surface area (Å²) in [5.41, 5.74) is 2.54. The number of nitrogens with zero attached hydrogens (tertiary/aromatic N) is 3. The smallest absolute Gasteiger partial charge is 0.335 e. The van der Waals surface area contributed by atoms with Crippen LogP contribution in [-0.4, -0.2) is 39.0 Å². The summed E-state index contributed by atoms with van der Waals surface area (Å²) >= 11 is 0. The molecule has 1 saturated heterocycles. The highest BCUT2D eigenvalue weighted by Crippen LogP contribution is 2.24. The van der Waals surface area contributed by atoms with Crippen molar-refractivity contribution in [2.75, 3.05) is 13.1 Å². The molecule has 1 aliphatic rings. The first-order chi connectivity index (χ1) is 11.2. The van der Waals surface area contributed by atoms with Crippen LogP contribution in [0.15, 0.2) is 43.0 Å². The molecule has 0 unspecified atom stereocenters. The maximum Gasteiger partial charge on any atom is 0.335 e. The monoisotopic (exact) mass is 311 g/mol. The first kappa shape index (κ1) is 15.6. The molecule has 1 aromatic heterocycles. The fourth-order valence-electron chi connectivity index (χ4n) is 3.24. The number of benzene rings is 1. The van der Waals surface area contributed by atoms with E-state index >= 15 is 0 Å². The number of aromatic nitrogens is 2. The zero-order valence-electron chi connectivity index (χ0n) is 13.1. The first-order valence-corrected chi connectivity index (χ1v) is 8.00. The van der Waals surface area contributed by atoms with Crippen molar-refractivity contribution in [1.82, 2.24) is 14.9 Å². The molecule has 23 heavy (non-hydrogen) atoms. The molecular weight excluding hydrogens is 290 g/mol. The largest absolute Gasteiger partial charge is 0.478 e. The molecular formula is C18H21N3O2. The summed E-state index contributed by atoms with van der Waals surface area (Å²) in [6.07, 6.45) is 8.33. The Balaban J connectivity index is 1.54. The van der Waals surface area contributed by atoms with Crippen LogP contribution in [0.3, 0.4) is 0 Å². The predicted molar refractivity (Wildman–Crippen MR) is 87.1 cm³/mol. The van der Waals surface area contributed by atoms with Gasteiger partial charge >= 0.3 is 5.97 Å². The summed E-state index contributed by atoms with van der Waals surface area (Å²) in [4.78, 5) is 21.8. The van der Waals surface area contributed by atoms with Crippen molar-refractivity contribution in [3.8, 4) is 0 Å². The number of aromatic carboxylic acids is 1. The highest BCUT2D eigenvalue weighted by atomic mass is 16.4. The fourth-order valence-corrected chi connectivity index (χ4v) is 3.24. The van der Waals surface area contributed by atoms with Crippen molar-refractivity contribution in [3.63, 3.8) is 0 Å². The molecule has 3 rings (SSSR count). The van der Waals surface area contributed by atoms with E-state index in [9.17, 15) is 9.90 Å². The fraction of sp³-hybridized carbons (Fsp3) is 0.389. The van der Waals surface area contributed by atoms with E-state index < -0.39 is 5.97 Å². The van der Waals surface area contributed by atoms with Crippen molar-refractivity contribution in [2.24, 2.45) is 5.92 Å². The van der Waals surface area contributed by atoms with E-state index in [1.54, 1.807) is 18.5 Å². The van der Waals surface area contributed by atoms with Crippen molar-refractivity contribution >= 4 is 5.97 Å². The van der Waals surface area contributed by atoms with Crippen LogP contribution in [0.25, 0.3) is 0 Å². The second-order valence-corrected chi connectivity index (χ2v) is 6.13. The van der Waals surface area contributed by atoms with Crippen molar-refractivity contribution in [3.05, 3.63) is 59.7 Å². The predicted octanol–water partition coefficient (Wildman–Crippen LogP) is 2.63. The Morgan fingerprint density at radius 2 is 1.87 bits per heavy atom. The molecule has 0 radical (unpaired) electrons. The van der Waals surface area contributed by atoms with Crippen LogP contribution < -0.4 is 0 Å². The highest BCUT2D eigenvalue weighted by Gasteiger charge is 2.21. The minimum absolute atomic E-state index is 0.441. The Kier molecular flexibility index (Phi) is 4.98. The van der Waals surface area contributed by atoms with E-state index in [0.717, 1.165) is 50.0 Å². The third kappa shape index (κ3) is 4.13. The van der Waals surface area contributed by atoms with Crippen LogP contribution in [0.2, 0.25) is 0 Å². The summed E-state index contributed by atoms with van der Waals surface area (Å²) in [6.45, 7) is 2.96. The van der Waals surface area contributed by atoms with E-state index in [1.807, 2.05) is 24.5 Å². The molecule has 1 N–H and O–H groups in total. The third-order valence-electron chi connectivity index (χ3n) is 4.48. The number of carbonyl (C=O) groups is 1. The third-order valence-corrected chi connectivity index (χ3v) is 4.48. The van der Waals surface area contributed by atoms with Crippen LogP contribution in [-0.2, 0) is 13.0 Å². The van der Waals surface area contributed by atoms with Gasteiger partial charge in [-0.2, -0.15) is 0 Å². The van der Waals surface area contributed by atoms with Gasteiger partial charge in [-0.25, -0.2) is 14.8 Å².